The van der Waals surface area contributed by atoms with E-state index in [9.17, 15) is 8.78 Å². The van der Waals surface area contributed by atoms with Crippen LogP contribution in [0.1, 0.15) is 11.1 Å². The monoisotopic (exact) mass is 244 g/mol. The quantitative estimate of drug-likeness (QED) is 0.897. The van der Waals surface area contributed by atoms with E-state index in [1.807, 2.05) is 6.07 Å². The Morgan fingerprint density at radius 3 is 2.44 bits per heavy atom. The number of hydrogen-bond acceptors (Lipinski definition) is 2. The molecule has 4 heteroatoms. The fraction of sp³-hybridized carbons (Fsp3) is 0.0714. The van der Waals surface area contributed by atoms with E-state index in [1.54, 1.807) is 24.3 Å². The van der Waals surface area contributed by atoms with Crippen molar-refractivity contribution in [1.82, 2.24) is 0 Å². The number of benzene rings is 2. The van der Waals surface area contributed by atoms with Gasteiger partial charge in [0.05, 0.1) is 11.6 Å². The topological polar surface area (TPSA) is 35.8 Å². The van der Waals surface area contributed by atoms with Crippen LogP contribution < -0.4 is 5.32 Å². The lowest BCUT2D eigenvalue weighted by atomic mass is 10.2. The van der Waals surface area contributed by atoms with Crippen LogP contribution in [0.5, 0.6) is 0 Å². The van der Waals surface area contributed by atoms with E-state index in [2.05, 4.69) is 5.32 Å². The zero-order valence-electron chi connectivity index (χ0n) is 9.45. The lowest BCUT2D eigenvalue weighted by molar-refractivity contribution is 0.500. The van der Waals surface area contributed by atoms with Crippen molar-refractivity contribution in [3.05, 3.63) is 65.2 Å². The van der Waals surface area contributed by atoms with Gasteiger partial charge in [0.15, 0.2) is 11.6 Å². The Kier molecular flexibility index (Phi) is 3.54. The molecule has 0 fully saturated rings. The fourth-order valence-electron chi connectivity index (χ4n) is 1.54. The summed E-state index contributed by atoms with van der Waals surface area (Å²) < 4.78 is 26.3. The first-order valence-electron chi connectivity index (χ1n) is 5.37. The molecule has 0 spiro atoms. The average Bonchev–Trinajstić information content (AvgIpc) is 2.41. The lowest BCUT2D eigenvalue weighted by Crippen LogP contribution is -2.03. The summed E-state index contributed by atoms with van der Waals surface area (Å²) in [6.07, 6.45) is 0. The van der Waals surface area contributed by atoms with E-state index >= 15 is 0 Å². The summed E-state index contributed by atoms with van der Waals surface area (Å²) in [4.78, 5) is 0. The molecule has 18 heavy (non-hydrogen) atoms. The smallest absolute Gasteiger partial charge is 0.163 e. The summed E-state index contributed by atoms with van der Waals surface area (Å²) in [5.74, 6) is -1.69. The molecular weight excluding hydrogens is 234 g/mol. The molecule has 2 aromatic carbocycles. The summed E-state index contributed by atoms with van der Waals surface area (Å²) >= 11 is 0. The molecule has 0 aliphatic rings. The Balaban J connectivity index is 2.07. The van der Waals surface area contributed by atoms with Crippen molar-refractivity contribution in [3.8, 4) is 6.07 Å². The number of rotatable bonds is 3. The molecule has 0 amide bonds. The van der Waals surface area contributed by atoms with Crippen molar-refractivity contribution in [1.29, 1.82) is 5.26 Å². The van der Waals surface area contributed by atoms with Crippen LogP contribution in [0, 0.1) is 23.0 Å². The van der Waals surface area contributed by atoms with Crippen LogP contribution in [0.25, 0.3) is 0 Å². The van der Waals surface area contributed by atoms with Gasteiger partial charge in [-0.3, -0.25) is 0 Å². The molecule has 0 aliphatic carbocycles. The molecule has 0 saturated carbocycles. The zero-order chi connectivity index (χ0) is 13.0. The van der Waals surface area contributed by atoms with Crippen molar-refractivity contribution in [2.24, 2.45) is 0 Å². The normalized spacial score (nSPS) is 9.83. The maximum absolute atomic E-state index is 13.4. The van der Waals surface area contributed by atoms with E-state index in [1.165, 1.54) is 12.1 Å². The first-order chi connectivity index (χ1) is 8.70. The number of halogens is 2. The maximum Gasteiger partial charge on any atom is 0.163 e. The molecule has 0 radical (unpaired) electrons. The van der Waals surface area contributed by atoms with E-state index in [4.69, 9.17) is 5.26 Å². The van der Waals surface area contributed by atoms with Crippen molar-refractivity contribution >= 4 is 5.69 Å². The third-order valence-corrected chi connectivity index (χ3v) is 2.53. The molecule has 2 aromatic rings. The van der Waals surface area contributed by atoms with Crippen molar-refractivity contribution in [2.75, 3.05) is 5.32 Å². The first kappa shape index (κ1) is 12.1. The Morgan fingerprint density at radius 2 is 1.78 bits per heavy atom. The summed E-state index contributed by atoms with van der Waals surface area (Å²) in [7, 11) is 0. The van der Waals surface area contributed by atoms with Gasteiger partial charge in [0, 0.05) is 17.8 Å². The van der Waals surface area contributed by atoms with Crippen LogP contribution in [0.3, 0.4) is 0 Å². The molecule has 0 atom stereocenters. The van der Waals surface area contributed by atoms with Gasteiger partial charge in [0.1, 0.15) is 0 Å². The van der Waals surface area contributed by atoms with Gasteiger partial charge in [-0.2, -0.15) is 5.26 Å². The first-order valence-corrected chi connectivity index (χ1v) is 5.37. The molecule has 0 unspecified atom stereocenters. The number of hydrogen-bond donors (Lipinski definition) is 1. The van der Waals surface area contributed by atoms with E-state index in [0.717, 1.165) is 11.8 Å². The molecule has 90 valence electrons. The molecule has 0 aliphatic heterocycles. The second-order valence-corrected chi connectivity index (χ2v) is 3.76. The van der Waals surface area contributed by atoms with Crippen LogP contribution in [-0.2, 0) is 6.54 Å². The second-order valence-electron chi connectivity index (χ2n) is 3.76. The summed E-state index contributed by atoms with van der Waals surface area (Å²) in [6.45, 7) is 0.190. The second kappa shape index (κ2) is 5.28. The van der Waals surface area contributed by atoms with Gasteiger partial charge in [-0.15, -0.1) is 0 Å². The predicted molar refractivity (Wildman–Crippen MR) is 64.8 cm³/mol. The number of anilines is 1. The zero-order valence-corrected chi connectivity index (χ0v) is 9.45. The van der Waals surface area contributed by atoms with Crippen LogP contribution >= 0.6 is 0 Å². The van der Waals surface area contributed by atoms with Gasteiger partial charge in [-0.25, -0.2) is 8.78 Å². The summed E-state index contributed by atoms with van der Waals surface area (Å²) in [5, 5.41) is 11.6. The highest BCUT2D eigenvalue weighted by Crippen LogP contribution is 2.14. The Morgan fingerprint density at radius 1 is 1.06 bits per heavy atom. The minimum absolute atomic E-state index is 0.190. The number of nitriles is 1. The summed E-state index contributed by atoms with van der Waals surface area (Å²) in [5.41, 5.74) is 1.56. The minimum atomic E-state index is -0.853. The molecule has 2 rings (SSSR count). The number of nitrogens with zero attached hydrogens (tertiary/aromatic N) is 1. The lowest BCUT2D eigenvalue weighted by Gasteiger charge is -2.07. The maximum atomic E-state index is 13.4. The molecule has 1 N–H and O–H groups in total. The molecule has 2 nitrogen and oxygen atoms in total. The van der Waals surface area contributed by atoms with Gasteiger partial charge in [-0.1, -0.05) is 12.1 Å². The largest absolute Gasteiger partial charge is 0.381 e. The van der Waals surface area contributed by atoms with Crippen LogP contribution in [0.4, 0.5) is 14.5 Å². The van der Waals surface area contributed by atoms with Crippen molar-refractivity contribution in [3.63, 3.8) is 0 Å². The van der Waals surface area contributed by atoms with Crippen LogP contribution in [0.15, 0.2) is 42.5 Å². The highest BCUT2D eigenvalue weighted by atomic mass is 19.2. The Bertz CT molecular complexity index is 586. The van der Waals surface area contributed by atoms with Gasteiger partial charge < -0.3 is 5.32 Å². The predicted octanol–water partition coefficient (Wildman–Crippen LogP) is 3.45. The van der Waals surface area contributed by atoms with Crippen molar-refractivity contribution in [2.45, 2.75) is 6.54 Å². The Hall–Kier alpha value is -2.41. The SMILES string of the molecule is N#Cc1ccc(NCc2cccc(F)c2F)cc1. The minimum Gasteiger partial charge on any atom is -0.381 e. The number of nitrogens with one attached hydrogen (secondary N) is 1. The van der Waals surface area contributed by atoms with Gasteiger partial charge in [-0.05, 0) is 30.3 Å². The van der Waals surface area contributed by atoms with E-state index in [0.29, 0.717) is 5.56 Å². The standard InChI is InChI=1S/C14H10F2N2/c15-13-3-1-2-11(14(13)16)9-18-12-6-4-10(8-17)5-7-12/h1-7,18H,9H2. The molecule has 0 aromatic heterocycles. The highest BCUT2D eigenvalue weighted by molar-refractivity contribution is 5.47. The molecule has 0 heterocycles. The van der Waals surface area contributed by atoms with Crippen LogP contribution in [0.2, 0.25) is 0 Å². The third-order valence-electron chi connectivity index (χ3n) is 2.53. The average molecular weight is 244 g/mol. The third kappa shape index (κ3) is 2.64. The molecule has 0 bridgehead atoms. The fourth-order valence-corrected chi connectivity index (χ4v) is 1.54. The van der Waals surface area contributed by atoms with Crippen molar-refractivity contribution < 1.29 is 8.78 Å². The van der Waals surface area contributed by atoms with Gasteiger partial charge in [0.2, 0.25) is 0 Å². The van der Waals surface area contributed by atoms with Crippen LogP contribution in [-0.4, -0.2) is 0 Å². The van der Waals surface area contributed by atoms with Gasteiger partial charge >= 0.3 is 0 Å². The summed E-state index contributed by atoms with van der Waals surface area (Å²) in [6, 6.07) is 12.8. The molecular formula is C14H10F2N2. The van der Waals surface area contributed by atoms with Gasteiger partial charge in [0.25, 0.3) is 0 Å². The van der Waals surface area contributed by atoms with E-state index in [-0.39, 0.29) is 12.1 Å². The Labute approximate surface area is 103 Å². The molecule has 0 saturated heterocycles. The highest BCUT2D eigenvalue weighted by Gasteiger charge is 2.06. The van der Waals surface area contributed by atoms with E-state index < -0.39 is 11.6 Å².